The smallest absolute Gasteiger partial charge is 0.251 e. The first kappa shape index (κ1) is 18.6. The van der Waals surface area contributed by atoms with Crippen LogP contribution in [0.2, 0.25) is 0 Å². The number of anilines is 1. The fourth-order valence-corrected chi connectivity index (χ4v) is 4.06. The summed E-state index contributed by atoms with van der Waals surface area (Å²) in [4.78, 5) is 17.0. The number of hydrogen-bond donors (Lipinski definition) is 1. The summed E-state index contributed by atoms with van der Waals surface area (Å²) >= 11 is 1.63. The maximum absolute atomic E-state index is 12.2. The molecule has 0 aliphatic rings. The molecule has 0 aliphatic heterocycles. The van der Waals surface area contributed by atoms with Gasteiger partial charge in [0.2, 0.25) is 0 Å². The van der Waals surface area contributed by atoms with Crippen LogP contribution >= 0.6 is 11.3 Å². The Kier molecular flexibility index (Phi) is 5.70. The predicted octanol–water partition coefficient (Wildman–Crippen LogP) is 3.61. The summed E-state index contributed by atoms with van der Waals surface area (Å²) < 4.78 is 13.4. The molecule has 3 rings (SSSR count). The maximum atomic E-state index is 12.2. The molecule has 0 unspecified atom stereocenters. The summed E-state index contributed by atoms with van der Waals surface area (Å²) in [6, 6.07) is 8.05. The SMILES string of the molecule is COCCn1c(C)c(C)c(-c2nc3ccccc3s2)c1NC(=O)COC. The van der Waals surface area contributed by atoms with Crippen LogP contribution < -0.4 is 5.32 Å². The van der Waals surface area contributed by atoms with Crippen molar-refractivity contribution in [1.29, 1.82) is 0 Å². The molecule has 2 aromatic heterocycles. The molecule has 2 heterocycles. The molecule has 1 aromatic carbocycles. The van der Waals surface area contributed by atoms with Crippen molar-refractivity contribution in [3.8, 4) is 10.6 Å². The van der Waals surface area contributed by atoms with Crippen LogP contribution in [0.1, 0.15) is 11.3 Å². The van der Waals surface area contributed by atoms with Crippen LogP contribution in [-0.4, -0.2) is 42.9 Å². The van der Waals surface area contributed by atoms with E-state index >= 15 is 0 Å². The van der Waals surface area contributed by atoms with Crippen LogP contribution in [0.3, 0.4) is 0 Å². The Bertz CT molecular complexity index is 897. The van der Waals surface area contributed by atoms with Crippen LogP contribution in [0.15, 0.2) is 24.3 Å². The van der Waals surface area contributed by atoms with Crippen LogP contribution in [-0.2, 0) is 20.8 Å². The number of para-hydroxylation sites is 1. The normalized spacial score (nSPS) is 11.2. The molecule has 7 heteroatoms. The Morgan fingerprint density at radius 2 is 2.00 bits per heavy atom. The number of hydrogen-bond acceptors (Lipinski definition) is 5. The predicted molar refractivity (Wildman–Crippen MR) is 105 cm³/mol. The molecule has 0 fully saturated rings. The molecule has 26 heavy (non-hydrogen) atoms. The largest absolute Gasteiger partial charge is 0.383 e. The zero-order chi connectivity index (χ0) is 18.7. The number of methoxy groups -OCH3 is 2. The van der Waals surface area contributed by atoms with Crippen LogP contribution in [0.5, 0.6) is 0 Å². The van der Waals surface area contributed by atoms with Gasteiger partial charge in [-0.1, -0.05) is 12.1 Å². The number of thiazole rings is 1. The van der Waals surface area contributed by atoms with E-state index in [4.69, 9.17) is 14.5 Å². The molecule has 3 aromatic rings. The van der Waals surface area contributed by atoms with Crippen molar-refractivity contribution in [2.24, 2.45) is 0 Å². The van der Waals surface area contributed by atoms with Gasteiger partial charge in [-0.05, 0) is 31.5 Å². The minimum atomic E-state index is -0.189. The summed E-state index contributed by atoms with van der Waals surface area (Å²) in [5, 5.41) is 3.90. The number of benzene rings is 1. The van der Waals surface area contributed by atoms with Gasteiger partial charge in [-0.3, -0.25) is 4.79 Å². The average Bonchev–Trinajstić information content (AvgIpc) is 3.13. The molecule has 0 spiro atoms. The van der Waals surface area contributed by atoms with Gasteiger partial charge >= 0.3 is 0 Å². The highest BCUT2D eigenvalue weighted by atomic mass is 32.1. The standard InChI is InChI=1S/C19H23N3O3S/c1-12-13(2)22(9-10-24-3)18(21-16(23)11-25-4)17(12)19-20-14-7-5-6-8-15(14)26-19/h5-8H,9-11H2,1-4H3,(H,21,23). The molecule has 138 valence electrons. The molecule has 1 N–H and O–H groups in total. The maximum Gasteiger partial charge on any atom is 0.251 e. The molecule has 0 saturated heterocycles. The van der Waals surface area contributed by atoms with E-state index in [2.05, 4.69) is 22.9 Å². The van der Waals surface area contributed by atoms with Gasteiger partial charge in [0.15, 0.2) is 0 Å². The molecule has 6 nitrogen and oxygen atoms in total. The quantitative estimate of drug-likeness (QED) is 0.687. The lowest BCUT2D eigenvalue weighted by atomic mass is 10.1. The first-order chi connectivity index (χ1) is 12.6. The van der Waals surface area contributed by atoms with Crippen LogP contribution in [0.25, 0.3) is 20.8 Å². The zero-order valence-corrected chi connectivity index (χ0v) is 16.3. The number of aromatic nitrogens is 2. The van der Waals surface area contributed by atoms with Crippen molar-refractivity contribution < 1.29 is 14.3 Å². The van der Waals surface area contributed by atoms with Gasteiger partial charge in [0.05, 0.1) is 22.4 Å². The number of rotatable bonds is 7. The van der Waals surface area contributed by atoms with E-state index in [0.29, 0.717) is 13.2 Å². The van der Waals surface area contributed by atoms with E-state index < -0.39 is 0 Å². The van der Waals surface area contributed by atoms with Crippen molar-refractivity contribution in [2.75, 3.05) is 32.8 Å². The highest BCUT2D eigenvalue weighted by Gasteiger charge is 2.23. The van der Waals surface area contributed by atoms with Crippen molar-refractivity contribution >= 4 is 33.3 Å². The third-order valence-electron chi connectivity index (χ3n) is 4.39. The number of nitrogens with zero attached hydrogens (tertiary/aromatic N) is 2. The second-order valence-electron chi connectivity index (χ2n) is 6.05. The fourth-order valence-electron chi connectivity index (χ4n) is 3.00. The summed E-state index contributed by atoms with van der Waals surface area (Å²) in [7, 11) is 3.18. The van der Waals surface area contributed by atoms with E-state index in [-0.39, 0.29) is 12.5 Å². The van der Waals surface area contributed by atoms with Crippen molar-refractivity contribution in [2.45, 2.75) is 20.4 Å². The lowest BCUT2D eigenvalue weighted by Crippen LogP contribution is -2.21. The summed E-state index contributed by atoms with van der Waals surface area (Å²) in [5.41, 5.74) is 4.12. The molecular formula is C19H23N3O3S. The monoisotopic (exact) mass is 373 g/mol. The second kappa shape index (κ2) is 7.99. The van der Waals surface area contributed by atoms with Crippen molar-refractivity contribution in [1.82, 2.24) is 9.55 Å². The lowest BCUT2D eigenvalue weighted by Gasteiger charge is -2.13. The molecule has 0 aliphatic carbocycles. The Hall–Kier alpha value is -2.22. The Morgan fingerprint density at radius 1 is 1.23 bits per heavy atom. The van der Waals surface area contributed by atoms with Crippen molar-refractivity contribution in [3.05, 3.63) is 35.5 Å². The molecule has 0 atom stereocenters. The van der Waals surface area contributed by atoms with Gasteiger partial charge in [-0.2, -0.15) is 0 Å². The van der Waals surface area contributed by atoms with E-state index in [0.717, 1.165) is 37.9 Å². The van der Waals surface area contributed by atoms with Crippen LogP contribution in [0, 0.1) is 13.8 Å². The van der Waals surface area contributed by atoms with E-state index in [9.17, 15) is 4.79 Å². The molecule has 1 amide bonds. The Labute approximate surface area is 156 Å². The molecule has 0 saturated carbocycles. The van der Waals surface area contributed by atoms with E-state index in [1.807, 2.05) is 25.1 Å². The van der Waals surface area contributed by atoms with E-state index in [1.54, 1.807) is 18.4 Å². The number of ether oxygens (including phenoxy) is 2. The topological polar surface area (TPSA) is 65.4 Å². The Balaban J connectivity index is 2.14. The zero-order valence-electron chi connectivity index (χ0n) is 15.5. The lowest BCUT2D eigenvalue weighted by molar-refractivity contribution is -0.119. The first-order valence-electron chi connectivity index (χ1n) is 8.40. The van der Waals surface area contributed by atoms with Crippen molar-refractivity contribution in [3.63, 3.8) is 0 Å². The number of fused-ring (bicyclic) bond motifs is 1. The third kappa shape index (κ3) is 3.51. The number of amides is 1. The van der Waals surface area contributed by atoms with Gasteiger partial charge < -0.3 is 19.4 Å². The average molecular weight is 373 g/mol. The highest BCUT2D eigenvalue weighted by Crippen LogP contribution is 2.40. The van der Waals surface area contributed by atoms with Gasteiger partial charge in [0.25, 0.3) is 5.91 Å². The fraction of sp³-hybridized carbons (Fsp3) is 0.368. The summed E-state index contributed by atoms with van der Waals surface area (Å²) in [6.07, 6.45) is 0. The van der Waals surface area contributed by atoms with Gasteiger partial charge in [-0.25, -0.2) is 4.98 Å². The highest BCUT2D eigenvalue weighted by molar-refractivity contribution is 7.21. The summed E-state index contributed by atoms with van der Waals surface area (Å²) in [6.45, 7) is 5.32. The van der Waals surface area contributed by atoms with Gasteiger partial charge in [-0.15, -0.1) is 11.3 Å². The minimum Gasteiger partial charge on any atom is -0.383 e. The Morgan fingerprint density at radius 3 is 2.69 bits per heavy atom. The summed E-state index contributed by atoms with van der Waals surface area (Å²) in [5.74, 6) is 0.559. The molecule has 0 radical (unpaired) electrons. The van der Waals surface area contributed by atoms with E-state index in [1.165, 1.54) is 7.11 Å². The number of carbonyl (C=O) groups excluding carboxylic acids is 1. The molecule has 0 bridgehead atoms. The second-order valence-corrected chi connectivity index (χ2v) is 7.08. The number of nitrogens with one attached hydrogen (secondary N) is 1. The first-order valence-corrected chi connectivity index (χ1v) is 9.21. The third-order valence-corrected chi connectivity index (χ3v) is 5.44. The van der Waals surface area contributed by atoms with Gasteiger partial charge in [0, 0.05) is 26.5 Å². The minimum absolute atomic E-state index is 0.00678. The van der Waals surface area contributed by atoms with Crippen LogP contribution in [0.4, 0.5) is 5.82 Å². The molecular weight excluding hydrogens is 350 g/mol. The number of carbonyl (C=O) groups is 1. The van der Waals surface area contributed by atoms with Gasteiger partial charge in [0.1, 0.15) is 17.4 Å².